The van der Waals surface area contributed by atoms with Gasteiger partial charge in [-0.25, -0.2) is 9.59 Å². The number of rotatable bonds is 5. The number of amides is 2. The van der Waals surface area contributed by atoms with Crippen molar-refractivity contribution in [1.29, 1.82) is 0 Å². The summed E-state index contributed by atoms with van der Waals surface area (Å²) in [7, 11) is 1.79. The highest BCUT2D eigenvalue weighted by Gasteiger charge is 2.29. The first-order valence-electron chi connectivity index (χ1n) is 13.5. The Morgan fingerprint density at radius 3 is 2.27 bits per heavy atom. The lowest BCUT2D eigenvalue weighted by atomic mass is 9.93. The van der Waals surface area contributed by atoms with E-state index in [4.69, 9.17) is 19.8 Å². The fourth-order valence-electron chi connectivity index (χ4n) is 5.28. The Morgan fingerprint density at radius 1 is 0.927 bits per heavy atom. The Hall–Kier alpha value is -4.50. The normalized spacial score (nSPS) is 15.9. The van der Waals surface area contributed by atoms with Gasteiger partial charge >= 0.3 is 11.9 Å². The summed E-state index contributed by atoms with van der Waals surface area (Å²) in [5, 5.41) is 17.8. The molecule has 2 aliphatic rings. The average molecular weight is 558 g/mol. The van der Waals surface area contributed by atoms with E-state index in [0.29, 0.717) is 23.1 Å². The zero-order valence-corrected chi connectivity index (χ0v) is 23.5. The van der Waals surface area contributed by atoms with Crippen LogP contribution in [0.2, 0.25) is 0 Å². The van der Waals surface area contributed by atoms with Gasteiger partial charge in [-0.1, -0.05) is 56.3 Å². The molecule has 214 valence electrons. The number of likely N-dealkylation sites (tertiary alicyclic amines) is 1. The molecule has 0 aromatic heterocycles. The Bertz CT molecular complexity index is 1460. The molecule has 0 aliphatic carbocycles. The predicted molar refractivity (Wildman–Crippen MR) is 157 cm³/mol. The highest BCUT2D eigenvalue weighted by atomic mass is 16.4. The number of carboxylic acid groups (broad SMARTS) is 2. The lowest BCUT2D eigenvalue weighted by Crippen LogP contribution is -2.31. The minimum absolute atomic E-state index is 0.104. The fraction of sp³-hybridized carbons (Fsp3) is 0.312. The molecule has 9 heteroatoms. The highest BCUT2D eigenvalue weighted by molar-refractivity contribution is 6.27. The van der Waals surface area contributed by atoms with Crippen LogP contribution in [0.25, 0.3) is 11.1 Å². The van der Waals surface area contributed by atoms with Gasteiger partial charge in [-0.15, -0.1) is 0 Å². The van der Waals surface area contributed by atoms with Gasteiger partial charge in [0.05, 0.1) is 0 Å². The molecule has 0 unspecified atom stereocenters. The molecule has 2 aliphatic heterocycles. The van der Waals surface area contributed by atoms with E-state index in [9.17, 15) is 9.59 Å². The molecule has 2 heterocycles. The van der Waals surface area contributed by atoms with E-state index in [1.165, 1.54) is 12.0 Å². The zero-order valence-electron chi connectivity index (χ0n) is 23.5. The SMILES string of the molecule is CN1C(=O)CCc2ccc(NC(=O)c3ccc(-c4ccccc4)c(CN4CCC(C)(C)C4)c3)cc21.O=C(O)C(=O)O. The molecule has 3 aromatic rings. The molecule has 0 bridgehead atoms. The summed E-state index contributed by atoms with van der Waals surface area (Å²) in [6.45, 7) is 7.58. The number of hydrogen-bond acceptors (Lipinski definition) is 5. The van der Waals surface area contributed by atoms with Gasteiger partial charge in [0.1, 0.15) is 0 Å². The van der Waals surface area contributed by atoms with Crippen LogP contribution in [0.5, 0.6) is 0 Å². The molecule has 3 aromatic carbocycles. The van der Waals surface area contributed by atoms with Gasteiger partial charge in [0.15, 0.2) is 0 Å². The summed E-state index contributed by atoms with van der Waals surface area (Å²) in [5.74, 6) is -3.69. The topological polar surface area (TPSA) is 127 Å². The summed E-state index contributed by atoms with van der Waals surface area (Å²) >= 11 is 0. The zero-order chi connectivity index (χ0) is 29.7. The standard InChI is InChI=1S/C30H33N3O2.C2H2O4/c1-30(2)15-16-33(20-30)19-24-17-23(10-13-26(24)21-7-5-4-6-8-21)29(35)31-25-12-9-22-11-14-28(34)32(3)27(22)18-25;3-1(4)2(5)6/h4-10,12-13,17-18H,11,14-16,19-20H2,1-3H3,(H,31,35);(H,3,4)(H,5,6). The van der Waals surface area contributed by atoms with Gasteiger partial charge in [0, 0.05) is 43.5 Å². The summed E-state index contributed by atoms with van der Waals surface area (Å²) in [6.07, 6.45) is 2.45. The van der Waals surface area contributed by atoms with E-state index >= 15 is 0 Å². The quantitative estimate of drug-likeness (QED) is 0.381. The molecule has 2 amide bonds. The molecule has 0 spiro atoms. The number of benzene rings is 3. The Morgan fingerprint density at radius 2 is 1.63 bits per heavy atom. The second-order valence-electron chi connectivity index (χ2n) is 11.2. The van der Waals surface area contributed by atoms with Crippen molar-refractivity contribution < 1.29 is 29.4 Å². The van der Waals surface area contributed by atoms with Gasteiger partial charge in [-0.2, -0.15) is 0 Å². The lowest BCUT2D eigenvalue weighted by Gasteiger charge is -2.26. The van der Waals surface area contributed by atoms with Gasteiger partial charge in [0.2, 0.25) is 5.91 Å². The molecule has 0 saturated carbocycles. The summed E-state index contributed by atoms with van der Waals surface area (Å²) in [5.41, 5.74) is 7.16. The van der Waals surface area contributed by atoms with Crippen LogP contribution < -0.4 is 10.2 Å². The largest absolute Gasteiger partial charge is 0.473 e. The van der Waals surface area contributed by atoms with E-state index in [2.05, 4.69) is 54.4 Å². The van der Waals surface area contributed by atoms with Crippen LogP contribution in [0.3, 0.4) is 0 Å². The second-order valence-corrected chi connectivity index (χ2v) is 11.2. The smallest absolute Gasteiger partial charge is 0.414 e. The Kier molecular flexibility index (Phi) is 8.88. The maximum absolute atomic E-state index is 13.3. The van der Waals surface area contributed by atoms with Crippen LogP contribution in [-0.4, -0.2) is 59.0 Å². The van der Waals surface area contributed by atoms with Crippen molar-refractivity contribution >= 4 is 35.1 Å². The van der Waals surface area contributed by atoms with Gasteiger partial charge in [0.25, 0.3) is 5.91 Å². The minimum Gasteiger partial charge on any atom is -0.473 e. The van der Waals surface area contributed by atoms with E-state index in [0.717, 1.165) is 48.4 Å². The molecule has 5 rings (SSSR count). The summed E-state index contributed by atoms with van der Waals surface area (Å²) in [6, 6.07) is 22.2. The van der Waals surface area contributed by atoms with Crippen molar-refractivity contribution in [1.82, 2.24) is 4.90 Å². The van der Waals surface area contributed by atoms with Crippen molar-refractivity contribution in [2.24, 2.45) is 5.41 Å². The Balaban J connectivity index is 0.000000585. The van der Waals surface area contributed by atoms with E-state index in [1.807, 2.05) is 36.4 Å². The first-order valence-corrected chi connectivity index (χ1v) is 13.5. The average Bonchev–Trinajstić information content (AvgIpc) is 3.29. The van der Waals surface area contributed by atoms with Crippen molar-refractivity contribution in [2.75, 3.05) is 30.4 Å². The third-order valence-corrected chi connectivity index (χ3v) is 7.47. The second kappa shape index (κ2) is 12.3. The number of fused-ring (bicyclic) bond motifs is 1. The molecule has 0 radical (unpaired) electrons. The molecular weight excluding hydrogens is 522 g/mol. The first-order chi connectivity index (χ1) is 19.4. The Labute approximate surface area is 239 Å². The van der Waals surface area contributed by atoms with Gasteiger partial charge in [-0.05, 0) is 71.3 Å². The first kappa shape index (κ1) is 29.5. The maximum Gasteiger partial charge on any atom is 0.414 e. The monoisotopic (exact) mass is 557 g/mol. The molecule has 3 N–H and O–H groups in total. The number of nitrogens with zero attached hydrogens (tertiary/aromatic N) is 2. The predicted octanol–water partition coefficient (Wildman–Crippen LogP) is 4.90. The van der Waals surface area contributed by atoms with Crippen LogP contribution in [-0.2, 0) is 27.3 Å². The van der Waals surface area contributed by atoms with E-state index < -0.39 is 11.9 Å². The molecule has 9 nitrogen and oxygen atoms in total. The van der Waals surface area contributed by atoms with E-state index in [1.54, 1.807) is 11.9 Å². The number of carbonyl (C=O) groups excluding carboxylic acids is 2. The molecule has 41 heavy (non-hydrogen) atoms. The van der Waals surface area contributed by atoms with Crippen molar-refractivity contribution in [2.45, 2.75) is 39.7 Å². The van der Waals surface area contributed by atoms with Crippen LogP contribution >= 0.6 is 0 Å². The number of aryl methyl sites for hydroxylation is 1. The number of carbonyl (C=O) groups is 4. The van der Waals surface area contributed by atoms with Crippen LogP contribution in [0.4, 0.5) is 11.4 Å². The maximum atomic E-state index is 13.3. The molecule has 0 atom stereocenters. The lowest BCUT2D eigenvalue weighted by molar-refractivity contribution is -0.159. The number of anilines is 2. The number of hydrogen-bond donors (Lipinski definition) is 3. The van der Waals surface area contributed by atoms with Crippen LogP contribution in [0.1, 0.15) is 48.2 Å². The third kappa shape index (κ3) is 7.37. The van der Waals surface area contributed by atoms with Crippen molar-refractivity contribution in [3.05, 3.63) is 83.4 Å². The van der Waals surface area contributed by atoms with Crippen LogP contribution in [0, 0.1) is 5.41 Å². The number of carboxylic acids is 2. The molecular formula is C32H35N3O6. The number of aliphatic carboxylic acids is 2. The molecule has 1 saturated heterocycles. The summed E-state index contributed by atoms with van der Waals surface area (Å²) in [4.78, 5) is 47.7. The van der Waals surface area contributed by atoms with Crippen LogP contribution in [0.15, 0.2) is 66.7 Å². The number of nitrogens with one attached hydrogen (secondary N) is 1. The minimum atomic E-state index is -1.82. The van der Waals surface area contributed by atoms with Gasteiger partial charge < -0.3 is 20.4 Å². The molecule has 1 fully saturated rings. The highest BCUT2D eigenvalue weighted by Crippen LogP contribution is 2.33. The van der Waals surface area contributed by atoms with Crippen molar-refractivity contribution in [3.8, 4) is 11.1 Å². The van der Waals surface area contributed by atoms with E-state index in [-0.39, 0.29) is 11.8 Å². The van der Waals surface area contributed by atoms with Crippen molar-refractivity contribution in [3.63, 3.8) is 0 Å². The third-order valence-electron chi connectivity index (χ3n) is 7.47. The van der Waals surface area contributed by atoms with Gasteiger partial charge in [-0.3, -0.25) is 14.5 Å². The summed E-state index contributed by atoms with van der Waals surface area (Å²) < 4.78 is 0. The fourth-order valence-corrected chi connectivity index (χ4v) is 5.28.